The summed E-state index contributed by atoms with van der Waals surface area (Å²) in [5, 5.41) is 1.59. The first kappa shape index (κ1) is 15.4. The zero-order chi connectivity index (χ0) is 12.8. The Morgan fingerprint density at radius 3 is 2.47 bits per heavy atom. The maximum absolute atomic E-state index is 5.95. The van der Waals surface area contributed by atoms with Crippen molar-refractivity contribution in [1.29, 1.82) is 0 Å². The van der Waals surface area contributed by atoms with Crippen molar-refractivity contribution in [3.8, 4) is 0 Å². The number of hydrogen-bond donors (Lipinski definition) is 1. The van der Waals surface area contributed by atoms with E-state index in [1.165, 1.54) is 32.1 Å². The topological polar surface area (TPSA) is 26.0 Å². The highest BCUT2D eigenvalue weighted by Crippen LogP contribution is 2.40. The summed E-state index contributed by atoms with van der Waals surface area (Å²) in [5.74, 6) is 2.53. The molecule has 0 spiro atoms. The summed E-state index contributed by atoms with van der Waals surface area (Å²) in [4.78, 5) is 0. The molecule has 0 bridgehead atoms. The Morgan fingerprint density at radius 2 is 1.94 bits per heavy atom. The second-order valence-electron chi connectivity index (χ2n) is 6.09. The molecule has 1 aliphatic carbocycles. The average molecular weight is 257 g/mol. The van der Waals surface area contributed by atoms with E-state index in [-0.39, 0.29) is 0 Å². The smallest absolute Gasteiger partial charge is 0.00927 e. The van der Waals surface area contributed by atoms with Gasteiger partial charge >= 0.3 is 0 Å². The molecule has 4 unspecified atom stereocenters. The standard InChI is InChI=1S/C15H31NS/c1-5-6-13-7-8-14(10-16)15(9-13)17-12(4)11(2)3/h11-15H,5-10,16H2,1-4H3. The summed E-state index contributed by atoms with van der Waals surface area (Å²) >= 11 is 2.21. The van der Waals surface area contributed by atoms with E-state index < -0.39 is 0 Å². The Morgan fingerprint density at radius 1 is 1.24 bits per heavy atom. The van der Waals surface area contributed by atoms with Gasteiger partial charge in [-0.15, -0.1) is 0 Å². The van der Waals surface area contributed by atoms with Gasteiger partial charge in [0.1, 0.15) is 0 Å². The molecule has 2 N–H and O–H groups in total. The highest BCUT2D eigenvalue weighted by molar-refractivity contribution is 8.00. The summed E-state index contributed by atoms with van der Waals surface area (Å²) < 4.78 is 0. The fraction of sp³-hybridized carbons (Fsp3) is 1.00. The maximum Gasteiger partial charge on any atom is 0.00927 e. The molecule has 2 heteroatoms. The Hall–Kier alpha value is 0.310. The Labute approximate surface area is 112 Å². The van der Waals surface area contributed by atoms with E-state index in [0.717, 1.165) is 34.8 Å². The molecule has 0 aromatic rings. The lowest BCUT2D eigenvalue weighted by Crippen LogP contribution is -2.34. The Kier molecular flexibility index (Phi) is 6.94. The largest absolute Gasteiger partial charge is 0.330 e. The van der Waals surface area contributed by atoms with Crippen molar-refractivity contribution in [2.45, 2.75) is 70.3 Å². The van der Waals surface area contributed by atoms with E-state index in [1.807, 2.05) is 0 Å². The summed E-state index contributed by atoms with van der Waals surface area (Å²) in [6, 6.07) is 0. The second-order valence-corrected chi connectivity index (χ2v) is 7.71. The number of rotatable bonds is 6. The molecule has 0 aromatic heterocycles. The predicted octanol–water partition coefficient (Wildman–Crippen LogP) is 4.31. The molecular formula is C15H31NS. The summed E-state index contributed by atoms with van der Waals surface area (Å²) in [6.07, 6.45) is 6.96. The minimum Gasteiger partial charge on any atom is -0.330 e. The zero-order valence-corrected chi connectivity index (χ0v) is 12.9. The Bertz CT molecular complexity index is 205. The normalized spacial score (nSPS) is 31.8. The average Bonchev–Trinajstić information content (AvgIpc) is 2.29. The van der Waals surface area contributed by atoms with Crippen LogP contribution in [-0.4, -0.2) is 17.0 Å². The maximum atomic E-state index is 5.95. The van der Waals surface area contributed by atoms with Gasteiger partial charge in [-0.05, 0) is 37.1 Å². The van der Waals surface area contributed by atoms with Gasteiger partial charge in [0.25, 0.3) is 0 Å². The van der Waals surface area contributed by atoms with Gasteiger partial charge in [-0.3, -0.25) is 0 Å². The van der Waals surface area contributed by atoms with Crippen molar-refractivity contribution >= 4 is 11.8 Å². The molecule has 0 amide bonds. The number of thioether (sulfide) groups is 1. The fourth-order valence-electron chi connectivity index (χ4n) is 2.81. The van der Waals surface area contributed by atoms with Crippen LogP contribution in [0, 0.1) is 17.8 Å². The van der Waals surface area contributed by atoms with Gasteiger partial charge in [-0.1, -0.05) is 47.0 Å². The first-order valence-corrected chi connectivity index (χ1v) is 8.38. The Balaban J connectivity index is 2.50. The highest BCUT2D eigenvalue weighted by Gasteiger charge is 2.31. The van der Waals surface area contributed by atoms with Crippen LogP contribution in [0.5, 0.6) is 0 Å². The van der Waals surface area contributed by atoms with Crippen molar-refractivity contribution in [2.75, 3.05) is 6.54 Å². The molecule has 0 aliphatic heterocycles. The van der Waals surface area contributed by atoms with Crippen LogP contribution in [0.4, 0.5) is 0 Å². The third-order valence-electron chi connectivity index (χ3n) is 4.37. The second kappa shape index (κ2) is 7.68. The predicted molar refractivity (Wildman–Crippen MR) is 80.5 cm³/mol. The van der Waals surface area contributed by atoms with Crippen molar-refractivity contribution in [1.82, 2.24) is 0 Å². The van der Waals surface area contributed by atoms with Crippen LogP contribution in [0.1, 0.15) is 59.8 Å². The van der Waals surface area contributed by atoms with Gasteiger partial charge in [0.05, 0.1) is 0 Å². The van der Waals surface area contributed by atoms with Crippen molar-refractivity contribution in [3.05, 3.63) is 0 Å². The van der Waals surface area contributed by atoms with E-state index in [0.29, 0.717) is 0 Å². The molecule has 1 rings (SSSR count). The molecule has 1 fully saturated rings. The summed E-state index contributed by atoms with van der Waals surface area (Å²) in [6.45, 7) is 10.3. The van der Waals surface area contributed by atoms with Crippen LogP contribution in [0.3, 0.4) is 0 Å². The van der Waals surface area contributed by atoms with Gasteiger partial charge in [-0.2, -0.15) is 11.8 Å². The molecule has 0 heterocycles. The van der Waals surface area contributed by atoms with Gasteiger partial charge < -0.3 is 5.73 Å². The molecule has 4 atom stereocenters. The van der Waals surface area contributed by atoms with Crippen LogP contribution in [0.15, 0.2) is 0 Å². The van der Waals surface area contributed by atoms with E-state index in [9.17, 15) is 0 Å². The van der Waals surface area contributed by atoms with Gasteiger partial charge in [0.15, 0.2) is 0 Å². The highest BCUT2D eigenvalue weighted by atomic mass is 32.2. The SMILES string of the molecule is CCCC1CCC(CN)C(SC(C)C(C)C)C1. The molecule has 0 aromatic carbocycles. The van der Waals surface area contributed by atoms with Crippen LogP contribution in [-0.2, 0) is 0 Å². The minimum atomic E-state index is 0.773. The number of nitrogens with two attached hydrogens (primary N) is 1. The molecule has 17 heavy (non-hydrogen) atoms. The van der Waals surface area contributed by atoms with Gasteiger partial charge in [-0.25, -0.2) is 0 Å². The monoisotopic (exact) mass is 257 g/mol. The van der Waals surface area contributed by atoms with Crippen LogP contribution in [0.2, 0.25) is 0 Å². The van der Waals surface area contributed by atoms with E-state index >= 15 is 0 Å². The van der Waals surface area contributed by atoms with E-state index in [1.54, 1.807) is 0 Å². The van der Waals surface area contributed by atoms with Crippen molar-refractivity contribution in [2.24, 2.45) is 23.5 Å². The first-order chi connectivity index (χ1) is 8.08. The molecule has 102 valence electrons. The lowest BCUT2D eigenvalue weighted by atomic mass is 9.80. The van der Waals surface area contributed by atoms with Crippen LogP contribution < -0.4 is 5.73 Å². The van der Waals surface area contributed by atoms with E-state index in [4.69, 9.17) is 5.73 Å². The lowest BCUT2D eigenvalue weighted by molar-refractivity contribution is 0.275. The molecule has 1 aliphatic rings. The zero-order valence-electron chi connectivity index (χ0n) is 12.1. The quantitative estimate of drug-likeness (QED) is 0.767. The third kappa shape index (κ3) is 4.82. The third-order valence-corrected chi connectivity index (χ3v) is 6.27. The van der Waals surface area contributed by atoms with Gasteiger partial charge in [0, 0.05) is 10.5 Å². The lowest BCUT2D eigenvalue weighted by Gasteiger charge is -2.37. The molecule has 0 radical (unpaired) electrons. The first-order valence-electron chi connectivity index (χ1n) is 7.43. The number of hydrogen-bond acceptors (Lipinski definition) is 2. The van der Waals surface area contributed by atoms with Crippen molar-refractivity contribution in [3.63, 3.8) is 0 Å². The van der Waals surface area contributed by atoms with Crippen LogP contribution >= 0.6 is 11.8 Å². The summed E-state index contributed by atoms with van der Waals surface area (Å²) in [5.41, 5.74) is 5.95. The minimum absolute atomic E-state index is 0.773. The fourth-order valence-corrected chi connectivity index (χ4v) is 4.53. The molecule has 1 saturated carbocycles. The van der Waals surface area contributed by atoms with Crippen LogP contribution in [0.25, 0.3) is 0 Å². The molecule has 0 saturated heterocycles. The molecular weight excluding hydrogens is 226 g/mol. The van der Waals surface area contributed by atoms with E-state index in [2.05, 4.69) is 39.5 Å². The molecule has 1 nitrogen and oxygen atoms in total. The van der Waals surface area contributed by atoms with Crippen molar-refractivity contribution < 1.29 is 0 Å². The van der Waals surface area contributed by atoms with Gasteiger partial charge in [0.2, 0.25) is 0 Å². The summed E-state index contributed by atoms with van der Waals surface area (Å²) in [7, 11) is 0.